The van der Waals surface area contributed by atoms with E-state index < -0.39 is 0 Å². The topological polar surface area (TPSA) is 58.4 Å². The van der Waals surface area contributed by atoms with Gasteiger partial charge in [-0.1, -0.05) is 26.2 Å². The van der Waals surface area contributed by atoms with Crippen LogP contribution in [0.2, 0.25) is 0 Å². The van der Waals surface area contributed by atoms with Crippen molar-refractivity contribution in [3.8, 4) is 0 Å². The Labute approximate surface area is 123 Å². The lowest BCUT2D eigenvalue weighted by Crippen LogP contribution is -2.46. The molecule has 2 atom stereocenters. The monoisotopic (exact) mass is 281 g/mol. The van der Waals surface area contributed by atoms with Crippen LogP contribution in [0.4, 0.5) is 0 Å². The van der Waals surface area contributed by atoms with Crippen LogP contribution in [0.3, 0.4) is 0 Å². The average molecular weight is 281 g/mol. The van der Waals surface area contributed by atoms with E-state index in [-0.39, 0.29) is 17.4 Å². The van der Waals surface area contributed by atoms with Crippen molar-refractivity contribution in [1.29, 1.82) is 0 Å². The molecule has 0 aromatic carbocycles. The first kappa shape index (κ1) is 15.8. The van der Waals surface area contributed by atoms with Gasteiger partial charge in [0, 0.05) is 13.1 Å². The highest BCUT2D eigenvalue weighted by Gasteiger charge is 2.36. The molecule has 3 N–H and O–H groups in total. The largest absolute Gasteiger partial charge is 0.354 e. The third kappa shape index (κ3) is 3.95. The van der Waals surface area contributed by atoms with Gasteiger partial charge < -0.3 is 11.1 Å². The van der Waals surface area contributed by atoms with Gasteiger partial charge in [0.25, 0.3) is 0 Å². The van der Waals surface area contributed by atoms with Crippen molar-refractivity contribution in [3.63, 3.8) is 0 Å². The second-order valence-corrected chi connectivity index (χ2v) is 7.16. The van der Waals surface area contributed by atoms with Crippen LogP contribution in [-0.4, -0.2) is 43.0 Å². The summed E-state index contributed by atoms with van der Waals surface area (Å²) in [5.74, 6) is 0.893. The molecule has 0 bridgehead atoms. The Morgan fingerprint density at radius 2 is 2.10 bits per heavy atom. The normalized spacial score (nSPS) is 30.4. The predicted octanol–water partition coefficient (Wildman–Crippen LogP) is 1.74. The van der Waals surface area contributed by atoms with Gasteiger partial charge in [0.2, 0.25) is 5.91 Å². The van der Waals surface area contributed by atoms with Crippen molar-refractivity contribution in [1.82, 2.24) is 10.2 Å². The van der Waals surface area contributed by atoms with Crippen LogP contribution < -0.4 is 11.1 Å². The molecule has 2 unspecified atom stereocenters. The number of likely N-dealkylation sites (tertiary alicyclic amines) is 1. The van der Waals surface area contributed by atoms with Gasteiger partial charge in [-0.25, -0.2) is 0 Å². The SMILES string of the molecule is CC(C(=O)NCC1CCCCC1)N1CCC(C)(CN)C1. The molecule has 4 heteroatoms. The van der Waals surface area contributed by atoms with Gasteiger partial charge in [0.15, 0.2) is 0 Å². The lowest BCUT2D eigenvalue weighted by atomic mass is 9.89. The van der Waals surface area contributed by atoms with Gasteiger partial charge >= 0.3 is 0 Å². The molecular weight excluding hydrogens is 250 g/mol. The zero-order chi connectivity index (χ0) is 14.6. The van der Waals surface area contributed by atoms with Crippen LogP contribution in [0.1, 0.15) is 52.4 Å². The van der Waals surface area contributed by atoms with Crippen LogP contribution in [0, 0.1) is 11.3 Å². The van der Waals surface area contributed by atoms with Crippen LogP contribution in [-0.2, 0) is 4.79 Å². The Bertz CT molecular complexity index is 328. The van der Waals surface area contributed by atoms with E-state index in [2.05, 4.69) is 17.1 Å². The highest BCUT2D eigenvalue weighted by molar-refractivity contribution is 5.81. The summed E-state index contributed by atoms with van der Waals surface area (Å²) in [5, 5.41) is 3.16. The van der Waals surface area contributed by atoms with Gasteiger partial charge in [-0.3, -0.25) is 9.69 Å². The number of hydrogen-bond donors (Lipinski definition) is 2. The highest BCUT2D eigenvalue weighted by Crippen LogP contribution is 2.29. The number of carbonyl (C=O) groups is 1. The molecule has 0 aromatic heterocycles. The Kier molecular flexibility index (Phi) is 5.44. The first-order chi connectivity index (χ1) is 9.54. The van der Waals surface area contributed by atoms with Gasteiger partial charge in [-0.15, -0.1) is 0 Å². The average Bonchev–Trinajstić information content (AvgIpc) is 2.88. The third-order valence-corrected chi connectivity index (χ3v) is 5.30. The van der Waals surface area contributed by atoms with Crippen molar-refractivity contribution >= 4 is 5.91 Å². The van der Waals surface area contributed by atoms with Gasteiger partial charge in [-0.05, 0) is 50.6 Å². The number of nitrogens with two attached hydrogens (primary N) is 1. The highest BCUT2D eigenvalue weighted by atomic mass is 16.2. The molecule has 1 aliphatic carbocycles. The molecule has 2 fully saturated rings. The molecule has 0 aromatic rings. The fourth-order valence-corrected chi connectivity index (χ4v) is 3.51. The van der Waals surface area contributed by atoms with Crippen LogP contribution >= 0.6 is 0 Å². The van der Waals surface area contributed by atoms with Crippen LogP contribution in [0.5, 0.6) is 0 Å². The minimum Gasteiger partial charge on any atom is -0.354 e. The maximum absolute atomic E-state index is 12.3. The summed E-state index contributed by atoms with van der Waals surface area (Å²) >= 11 is 0. The lowest BCUT2D eigenvalue weighted by molar-refractivity contribution is -0.125. The summed E-state index contributed by atoms with van der Waals surface area (Å²) in [4.78, 5) is 14.6. The van der Waals surface area contributed by atoms with Crippen molar-refractivity contribution in [2.45, 2.75) is 58.4 Å². The fraction of sp³-hybridized carbons (Fsp3) is 0.938. The van der Waals surface area contributed by atoms with Crippen LogP contribution in [0.25, 0.3) is 0 Å². The zero-order valence-corrected chi connectivity index (χ0v) is 13.2. The first-order valence-electron chi connectivity index (χ1n) is 8.26. The number of nitrogens with one attached hydrogen (secondary N) is 1. The lowest BCUT2D eigenvalue weighted by Gasteiger charge is -2.28. The van der Waals surface area contributed by atoms with E-state index in [0.717, 1.165) is 26.1 Å². The molecule has 20 heavy (non-hydrogen) atoms. The fourth-order valence-electron chi connectivity index (χ4n) is 3.51. The molecule has 1 aliphatic heterocycles. The second kappa shape index (κ2) is 6.90. The number of rotatable bonds is 5. The van der Waals surface area contributed by atoms with E-state index in [1.54, 1.807) is 0 Å². The van der Waals surface area contributed by atoms with E-state index in [0.29, 0.717) is 12.5 Å². The van der Waals surface area contributed by atoms with Gasteiger partial charge in [0.1, 0.15) is 0 Å². The summed E-state index contributed by atoms with van der Waals surface area (Å²) in [6, 6.07) is -0.0213. The van der Waals surface area contributed by atoms with Crippen LogP contribution in [0.15, 0.2) is 0 Å². The van der Waals surface area contributed by atoms with E-state index in [1.165, 1.54) is 32.1 Å². The summed E-state index contributed by atoms with van der Waals surface area (Å²) in [7, 11) is 0. The van der Waals surface area contributed by atoms with E-state index >= 15 is 0 Å². The molecule has 1 amide bonds. The van der Waals surface area contributed by atoms with E-state index in [1.807, 2.05) is 6.92 Å². The Balaban J connectivity index is 1.74. The molecular formula is C16H31N3O. The number of hydrogen-bond acceptors (Lipinski definition) is 3. The molecule has 2 rings (SSSR count). The Morgan fingerprint density at radius 1 is 1.40 bits per heavy atom. The predicted molar refractivity (Wildman–Crippen MR) is 82.4 cm³/mol. The quantitative estimate of drug-likeness (QED) is 0.807. The molecule has 4 nitrogen and oxygen atoms in total. The number of amides is 1. The molecule has 0 spiro atoms. The summed E-state index contributed by atoms with van der Waals surface area (Å²) < 4.78 is 0. The van der Waals surface area contributed by atoms with E-state index in [9.17, 15) is 4.79 Å². The molecule has 0 radical (unpaired) electrons. The maximum Gasteiger partial charge on any atom is 0.237 e. The standard InChI is InChI=1S/C16H31N3O/c1-13(19-9-8-16(2,11-17)12-19)15(20)18-10-14-6-4-3-5-7-14/h13-14H,3-12,17H2,1-2H3,(H,18,20). The summed E-state index contributed by atoms with van der Waals surface area (Å²) in [5.41, 5.74) is 6.03. The molecule has 1 saturated heterocycles. The van der Waals surface area contributed by atoms with Gasteiger partial charge in [-0.2, -0.15) is 0 Å². The number of carbonyl (C=O) groups excluding carboxylic acids is 1. The molecule has 116 valence electrons. The van der Waals surface area contributed by atoms with E-state index in [4.69, 9.17) is 5.73 Å². The Morgan fingerprint density at radius 3 is 2.70 bits per heavy atom. The third-order valence-electron chi connectivity index (χ3n) is 5.30. The molecule has 1 heterocycles. The Hall–Kier alpha value is -0.610. The molecule has 2 aliphatic rings. The zero-order valence-electron chi connectivity index (χ0n) is 13.2. The summed E-state index contributed by atoms with van der Waals surface area (Å²) in [6.07, 6.45) is 7.69. The first-order valence-corrected chi connectivity index (χ1v) is 8.26. The number of nitrogens with zero attached hydrogens (tertiary/aromatic N) is 1. The van der Waals surface area contributed by atoms with Gasteiger partial charge in [0.05, 0.1) is 6.04 Å². The van der Waals surface area contributed by atoms with Crippen molar-refractivity contribution in [2.24, 2.45) is 17.1 Å². The minimum atomic E-state index is -0.0213. The maximum atomic E-state index is 12.3. The second-order valence-electron chi connectivity index (χ2n) is 7.16. The minimum absolute atomic E-state index is 0.0213. The molecule has 1 saturated carbocycles. The summed E-state index contributed by atoms with van der Waals surface area (Å²) in [6.45, 7) is 7.76. The van der Waals surface area contributed by atoms with Crippen molar-refractivity contribution in [2.75, 3.05) is 26.2 Å². The van der Waals surface area contributed by atoms with Crippen molar-refractivity contribution < 1.29 is 4.79 Å². The van der Waals surface area contributed by atoms with Crippen molar-refractivity contribution in [3.05, 3.63) is 0 Å². The smallest absolute Gasteiger partial charge is 0.237 e.